The Morgan fingerprint density at radius 1 is 1.38 bits per heavy atom. The first kappa shape index (κ1) is 12.4. The molecule has 90 valence electrons. The summed E-state index contributed by atoms with van der Waals surface area (Å²) in [6.45, 7) is 0.477. The third-order valence-electron chi connectivity index (χ3n) is 1.67. The highest BCUT2D eigenvalue weighted by Gasteiger charge is 2.07. The van der Waals surface area contributed by atoms with Crippen molar-refractivity contribution in [2.45, 2.75) is 6.10 Å². The molecule has 0 fully saturated rings. The maximum absolute atomic E-state index is 9.39. The maximum atomic E-state index is 9.39. The summed E-state index contributed by atoms with van der Waals surface area (Å²) in [5, 5.41) is 12.2. The third kappa shape index (κ3) is 3.83. The van der Waals surface area contributed by atoms with E-state index in [4.69, 9.17) is 15.2 Å². The van der Waals surface area contributed by atoms with Gasteiger partial charge in [0.05, 0.1) is 19.8 Å². The lowest BCUT2D eigenvalue weighted by molar-refractivity contribution is 0.0726. The Bertz CT molecular complexity index is 335. The molecule has 4 N–H and O–H groups in total. The molecule has 0 bridgehead atoms. The lowest BCUT2D eigenvalue weighted by Crippen LogP contribution is -2.25. The first-order valence-corrected chi connectivity index (χ1v) is 4.62. The van der Waals surface area contributed by atoms with Crippen molar-refractivity contribution in [1.29, 1.82) is 0 Å². The highest BCUT2D eigenvalue weighted by Crippen LogP contribution is 2.07. The summed E-state index contributed by atoms with van der Waals surface area (Å²) in [5.41, 5.74) is 5.43. The van der Waals surface area contributed by atoms with Gasteiger partial charge in [0, 0.05) is 13.7 Å². The van der Waals surface area contributed by atoms with E-state index < -0.39 is 6.10 Å². The van der Waals surface area contributed by atoms with Crippen molar-refractivity contribution in [3.8, 4) is 6.01 Å². The Balaban J connectivity index is 2.56. The minimum atomic E-state index is -0.644. The Labute approximate surface area is 92.8 Å². The fourth-order valence-electron chi connectivity index (χ4n) is 1.00. The number of nitrogens with one attached hydrogen (secondary N) is 1. The zero-order valence-corrected chi connectivity index (χ0v) is 9.17. The first-order valence-electron chi connectivity index (χ1n) is 4.62. The number of hydrogen-bond acceptors (Lipinski definition) is 8. The van der Waals surface area contributed by atoms with E-state index in [0.717, 1.165) is 0 Å². The predicted octanol–water partition coefficient (Wildman–Crippen LogP) is -1.12. The lowest BCUT2D eigenvalue weighted by atomic mass is 10.4. The molecule has 1 aromatic heterocycles. The number of anilines is 2. The van der Waals surface area contributed by atoms with Crippen LogP contribution < -0.4 is 15.8 Å². The largest absolute Gasteiger partial charge is 0.467 e. The van der Waals surface area contributed by atoms with Crippen molar-refractivity contribution in [2.24, 2.45) is 0 Å². The number of rotatable bonds is 6. The van der Waals surface area contributed by atoms with Crippen LogP contribution in [0, 0.1) is 0 Å². The van der Waals surface area contributed by atoms with Crippen LogP contribution in [0.15, 0.2) is 0 Å². The van der Waals surface area contributed by atoms with Gasteiger partial charge in [0.25, 0.3) is 0 Å². The average Bonchev–Trinajstić information content (AvgIpc) is 2.26. The molecule has 1 unspecified atom stereocenters. The Morgan fingerprint density at radius 3 is 2.75 bits per heavy atom. The van der Waals surface area contributed by atoms with Gasteiger partial charge < -0.3 is 25.6 Å². The Morgan fingerprint density at radius 2 is 2.12 bits per heavy atom. The molecule has 0 aliphatic rings. The molecule has 0 aliphatic heterocycles. The van der Waals surface area contributed by atoms with Crippen LogP contribution >= 0.6 is 0 Å². The van der Waals surface area contributed by atoms with E-state index in [1.165, 1.54) is 14.2 Å². The van der Waals surface area contributed by atoms with Crippen molar-refractivity contribution in [3.63, 3.8) is 0 Å². The quantitative estimate of drug-likeness (QED) is 0.562. The number of aliphatic hydroxyl groups excluding tert-OH is 1. The van der Waals surface area contributed by atoms with E-state index in [2.05, 4.69) is 20.3 Å². The molecule has 0 radical (unpaired) electrons. The minimum Gasteiger partial charge on any atom is -0.467 e. The zero-order valence-electron chi connectivity index (χ0n) is 9.17. The summed E-state index contributed by atoms with van der Waals surface area (Å²) in [6.07, 6.45) is -0.644. The number of hydrogen-bond donors (Lipinski definition) is 3. The fourth-order valence-corrected chi connectivity index (χ4v) is 1.00. The Hall–Kier alpha value is -1.67. The topological polar surface area (TPSA) is 115 Å². The molecule has 0 amide bonds. The van der Waals surface area contributed by atoms with Crippen molar-refractivity contribution in [2.75, 3.05) is 38.4 Å². The van der Waals surface area contributed by atoms with Gasteiger partial charge >= 0.3 is 6.01 Å². The molecule has 1 heterocycles. The van der Waals surface area contributed by atoms with Crippen molar-refractivity contribution in [3.05, 3.63) is 0 Å². The summed E-state index contributed by atoms with van der Waals surface area (Å²) in [7, 11) is 2.94. The standard InChI is InChI=1S/C8H15N5O3/c1-15-4-5(14)3-10-7-11-6(9)12-8(13-7)16-2/h5,14H,3-4H2,1-2H3,(H3,9,10,11,12,13). The third-order valence-corrected chi connectivity index (χ3v) is 1.67. The number of nitrogens with two attached hydrogens (primary N) is 1. The summed E-state index contributed by atoms with van der Waals surface area (Å²) in [4.78, 5) is 11.4. The van der Waals surface area contributed by atoms with Crippen molar-refractivity contribution in [1.82, 2.24) is 15.0 Å². The zero-order chi connectivity index (χ0) is 12.0. The van der Waals surface area contributed by atoms with Crippen LogP contribution in [0.25, 0.3) is 0 Å². The molecular formula is C8H15N5O3. The SMILES string of the molecule is COCC(O)CNc1nc(N)nc(OC)n1. The van der Waals surface area contributed by atoms with Crippen molar-refractivity contribution < 1.29 is 14.6 Å². The van der Waals surface area contributed by atoms with Gasteiger partial charge in [-0.05, 0) is 0 Å². The van der Waals surface area contributed by atoms with Gasteiger partial charge in [-0.3, -0.25) is 0 Å². The van der Waals surface area contributed by atoms with Crippen LogP contribution in [-0.2, 0) is 4.74 Å². The minimum absolute atomic E-state index is 0.0515. The fraction of sp³-hybridized carbons (Fsp3) is 0.625. The first-order chi connectivity index (χ1) is 7.65. The van der Waals surface area contributed by atoms with Crippen LogP contribution in [0.4, 0.5) is 11.9 Å². The van der Waals surface area contributed by atoms with Gasteiger partial charge in [-0.25, -0.2) is 0 Å². The number of aromatic nitrogens is 3. The normalized spacial score (nSPS) is 12.2. The van der Waals surface area contributed by atoms with Gasteiger partial charge in [0.15, 0.2) is 0 Å². The number of methoxy groups -OCH3 is 2. The summed E-state index contributed by atoms with van der Waals surface area (Å²) >= 11 is 0. The molecule has 8 nitrogen and oxygen atoms in total. The predicted molar refractivity (Wildman–Crippen MR) is 57.2 cm³/mol. The van der Waals surface area contributed by atoms with Gasteiger partial charge in [-0.15, -0.1) is 0 Å². The highest BCUT2D eigenvalue weighted by atomic mass is 16.5. The van der Waals surface area contributed by atoms with E-state index >= 15 is 0 Å². The molecule has 1 aromatic rings. The van der Waals surface area contributed by atoms with E-state index in [-0.39, 0.29) is 31.1 Å². The smallest absolute Gasteiger partial charge is 0.322 e. The van der Waals surface area contributed by atoms with Crippen LogP contribution in [0.5, 0.6) is 6.01 Å². The number of ether oxygens (including phenoxy) is 2. The molecule has 0 saturated heterocycles. The molecule has 1 atom stereocenters. The lowest BCUT2D eigenvalue weighted by Gasteiger charge is -2.10. The monoisotopic (exact) mass is 229 g/mol. The second-order valence-corrected chi connectivity index (χ2v) is 2.99. The molecule has 0 aromatic carbocycles. The molecule has 0 spiro atoms. The van der Waals surface area contributed by atoms with Crippen molar-refractivity contribution >= 4 is 11.9 Å². The second kappa shape index (κ2) is 6.03. The Kier molecular flexibility index (Phi) is 4.67. The van der Waals surface area contributed by atoms with Crippen LogP contribution in [0.3, 0.4) is 0 Å². The summed E-state index contributed by atoms with van der Waals surface area (Å²) in [6, 6.07) is 0.122. The van der Waals surface area contributed by atoms with E-state index in [1.807, 2.05) is 0 Å². The molecule has 16 heavy (non-hydrogen) atoms. The van der Waals surface area contributed by atoms with Gasteiger partial charge in [0.1, 0.15) is 0 Å². The molecular weight excluding hydrogens is 214 g/mol. The van der Waals surface area contributed by atoms with E-state index in [1.54, 1.807) is 0 Å². The second-order valence-electron chi connectivity index (χ2n) is 2.99. The van der Waals surface area contributed by atoms with Gasteiger partial charge in [-0.1, -0.05) is 0 Å². The summed E-state index contributed by atoms with van der Waals surface area (Å²) < 4.78 is 9.59. The maximum Gasteiger partial charge on any atom is 0.322 e. The number of nitrogen functional groups attached to an aromatic ring is 1. The number of aliphatic hydroxyl groups is 1. The van der Waals surface area contributed by atoms with Gasteiger partial charge in [-0.2, -0.15) is 15.0 Å². The van der Waals surface area contributed by atoms with E-state index in [9.17, 15) is 5.11 Å². The highest BCUT2D eigenvalue weighted by molar-refractivity contribution is 5.32. The van der Waals surface area contributed by atoms with Crippen LogP contribution in [0.1, 0.15) is 0 Å². The van der Waals surface area contributed by atoms with Crippen LogP contribution in [-0.4, -0.2) is 53.5 Å². The molecule has 8 heteroatoms. The average molecular weight is 229 g/mol. The summed E-state index contributed by atoms with van der Waals surface area (Å²) in [5.74, 6) is 0.301. The van der Waals surface area contributed by atoms with Crippen LogP contribution in [0.2, 0.25) is 0 Å². The molecule has 0 aliphatic carbocycles. The molecule has 0 saturated carbocycles. The van der Waals surface area contributed by atoms with Gasteiger partial charge in [0.2, 0.25) is 11.9 Å². The number of nitrogens with zero attached hydrogens (tertiary/aromatic N) is 3. The molecule has 1 rings (SSSR count). The van der Waals surface area contributed by atoms with E-state index in [0.29, 0.717) is 0 Å².